The van der Waals surface area contributed by atoms with Crippen molar-refractivity contribution in [3.63, 3.8) is 0 Å². The first kappa shape index (κ1) is 59.3. The smallest absolute Gasteiger partial charge is 0.244 e. The topological polar surface area (TPSA) is 417 Å². The molecule has 386 valence electrons. The largest absolute Gasteiger partial charge is 0.508 e. The lowest BCUT2D eigenvalue weighted by Gasteiger charge is -2.27. The van der Waals surface area contributed by atoms with Gasteiger partial charge in [0.05, 0.1) is 12.6 Å². The van der Waals surface area contributed by atoms with E-state index in [1.54, 1.807) is 49.4 Å². The highest BCUT2D eigenvalue weighted by Crippen LogP contribution is 2.35. The van der Waals surface area contributed by atoms with E-state index in [0.717, 1.165) is 0 Å². The fraction of sp³-hybridized carbons (Fsp3) is 0.500. The predicted molar refractivity (Wildman–Crippen MR) is 269 cm³/mol. The van der Waals surface area contributed by atoms with Crippen LogP contribution < -0.4 is 70.8 Å². The number of hydrogen-bond donors (Lipinski definition) is 16. The molecule has 70 heavy (non-hydrogen) atoms. The van der Waals surface area contributed by atoms with E-state index in [1.807, 2.05) is 13.8 Å². The summed E-state index contributed by atoms with van der Waals surface area (Å²) in [4.78, 5) is 105. The Morgan fingerprint density at radius 1 is 0.671 bits per heavy atom. The molecule has 0 aromatic heterocycles. The molecule has 6 atom stereocenters. The maximum atomic E-state index is 14.3. The third-order valence-electron chi connectivity index (χ3n) is 10.2. The van der Waals surface area contributed by atoms with Crippen LogP contribution in [0.15, 0.2) is 54.6 Å². The van der Waals surface area contributed by atoms with Gasteiger partial charge in [-0.1, -0.05) is 71.0 Å². The van der Waals surface area contributed by atoms with Gasteiger partial charge in [-0.25, -0.2) is 0 Å². The molecular formula is C44H69N15O9S2. The molecule has 0 aliphatic rings. The average molecular weight is 1020 g/mol. The van der Waals surface area contributed by atoms with Crippen molar-refractivity contribution in [2.75, 3.05) is 31.9 Å². The van der Waals surface area contributed by atoms with E-state index in [0.29, 0.717) is 17.5 Å². The first-order chi connectivity index (χ1) is 33.1. The third-order valence-corrected chi connectivity index (χ3v) is 13.5. The predicted octanol–water partition coefficient (Wildman–Crippen LogP) is -2.63. The Labute approximate surface area is 415 Å². The lowest BCUT2D eigenvalue weighted by molar-refractivity contribution is -0.134. The summed E-state index contributed by atoms with van der Waals surface area (Å²) >= 11 is 0. The molecule has 2 aromatic rings. The van der Waals surface area contributed by atoms with Gasteiger partial charge in [0.2, 0.25) is 47.8 Å². The van der Waals surface area contributed by atoms with Crippen LogP contribution in [0.4, 0.5) is 0 Å². The second-order valence-electron chi connectivity index (χ2n) is 16.7. The molecule has 8 amide bonds. The van der Waals surface area contributed by atoms with Crippen LogP contribution in [-0.2, 0) is 51.2 Å². The van der Waals surface area contributed by atoms with E-state index in [2.05, 4.69) is 47.9 Å². The van der Waals surface area contributed by atoms with Crippen LogP contribution in [0.1, 0.15) is 64.0 Å². The van der Waals surface area contributed by atoms with Crippen molar-refractivity contribution in [3.05, 3.63) is 65.7 Å². The molecule has 0 bridgehead atoms. The Kier molecular flexibility index (Phi) is 26.6. The van der Waals surface area contributed by atoms with Crippen molar-refractivity contribution in [2.45, 2.75) is 107 Å². The summed E-state index contributed by atoms with van der Waals surface area (Å²) in [6.45, 7) is 5.38. The second kappa shape index (κ2) is 31.4. The zero-order chi connectivity index (χ0) is 52.2. The number of nitrogens with one attached hydrogen (secondary N) is 11. The Morgan fingerprint density at radius 3 is 1.77 bits per heavy atom. The zero-order valence-corrected chi connectivity index (χ0v) is 41.2. The van der Waals surface area contributed by atoms with Gasteiger partial charge >= 0.3 is 0 Å². The minimum Gasteiger partial charge on any atom is -0.508 e. The number of benzene rings is 2. The Morgan fingerprint density at radius 2 is 1.20 bits per heavy atom. The van der Waals surface area contributed by atoms with E-state index in [4.69, 9.17) is 33.8 Å². The monoisotopic (exact) mass is 1020 g/mol. The van der Waals surface area contributed by atoms with Crippen molar-refractivity contribution >= 4 is 81.3 Å². The fourth-order valence-corrected chi connectivity index (χ4v) is 9.04. The number of hydrogen-bond acceptors (Lipinski definition) is 14. The van der Waals surface area contributed by atoms with E-state index >= 15 is 0 Å². The van der Waals surface area contributed by atoms with Crippen LogP contribution >= 0.6 is 21.6 Å². The standard InChI is InChI=1S/C44H69N15O9S2/c1-4-30(56-37(64)29(45)20-27-14-16-28(61)17-15-27)38(65)54-22-35(62)55-33(21-26-10-6-5-7-11-26)40(67)59-34(23-69-70-44(2,3)24-51-25-60)41(68)58-32(13-9-19-53-43(49)50)39(66)57-31(36(46)63)12-8-18-52-42(47)48/h5-7,10-11,14-17,25,29-34,61H,4,8-9,12-13,18-24,45H2,1-3H3,(H2,46,63)(H,51,60)(H,54,65)(H,55,62)(H,56,64)(H,57,66)(H,58,68)(H,59,67)(H4,47,48,52)(H4,49,50,53)/t29-,30+,31-,32-,33-,34-/m0/s1. The van der Waals surface area contributed by atoms with E-state index in [-0.39, 0.29) is 88.0 Å². The number of amides is 8. The molecule has 2 aromatic carbocycles. The number of carbonyl (C=O) groups is 8. The van der Waals surface area contributed by atoms with Crippen LogP contribution in [0.5, 0.6) is 5.75 Å². The first-order valence-corrected chi connectivity index (χ1v) is 24.7. The molecule has 0 radical (unpaired) electrons. The number of nitrogens with two attached hydrogens (primary N) is 4. The maximum Gasteiger partial charge on any atom is 0.244 e. The van der Waals surface area contributed by atoms with Crippen molar-refractivity contribution in [2.24, 2.45) is 22.9 Å². The highest BCUT2D eigenvalue weighted by molar-refractivity contribution is 8.77. The maximum absolute atomic E-state index is 14.3. The molecule has 20 N–H and O–H groups in total. The third kappa shape index (κ3) is 24.0. The van der Waals surface area contributed by atoms with Gasteiger partial charge in [0.25, 0.3) is 0 Å². The molecular weight excluding hydrogens is 947 g/mol. The van der Waals surface area contributed by atoms with Crippen LogP contribution in [0, 0.1) is 10.8 Å². The van der Waals surface area contributed by atoms with Crippen molar-refractivity contribution in [1.29, 1.82) is 10.8 Å². The summed E-state index contributed by atoms with van der Waals surface area (Å²) < 4.78 is -0.542. The molecule has 0 spiro atoms. The van der Waals surface area contributed by atoms with Crippen LogP contribution in [0.2, 0.25) is 0 Å². The van der Waals surface area contributed by atoms with E-state index < -0.39 is 88.9 Å². The number of guanidine groups is 2. The zero-order valence-electron chi connectivity index (χ0n) is 39.6. The van der Waals surface area contributed by atoms with Gasteiger partial charge in [-0.05, 0) is 75.6 Å². The Balaban J connectivity index is 2.34. The first-order valence-electron chi connectivity index (χ1n) is 22.4. The molecule has 0 saturated carbocycles. The number of phenolic OH excluding ortho intramolecular Hbond substituents is 1. The quantitative estimate of drug-likeness (QED) is 0.0114. The van der Waals surface area contributed by atoms with Gasteiger partial charge in [0.1, 0.15) is 36.0 Å². The summed E-state index contributed by atoms with van der Waals surface area (Å²) in [7, 11) is 2.51. The minimum absolute atomic E-state index is 0.0181. The number of primary amides is 1. The highest BCUT2D eigenvalue weighted by Gasteiger charge is 2.32. The summed E-state index contributed by atoms with van der Waals surface area (Å²) in [5, 5.41) is 47.9. The fourth-order valence-electron chi connectivity index (χ4n) is 6.40. The molecule has 26 heteroatoms. The minimum atomic E-state index is -1.35. The summed E-state index contributed by atoms with van der Waals surface area (Å²) in [6, 6.07) is 7.63. The summed E-state index contributed by atoms with van der Waals surface area (Å²) in [5.74, 6) is -5.93. The molecule has 24 nitrogen and oxygen atoms in total. The molecule has 2 rings (SSSR count). The normalized spacial score (nSPS) is 13.5. The van der Waals surface area contributed by atoms with Crippen LogP contribution in [0.3, 0.4) is 0 Å². The second-order valence-corrected chi connectivity index (χ2v) is 19.7. The molecule has 0 unspecified atom stereocenters. The molecule has 0 aliphatic heterocycles. The van der Waals surface area contributed by atoms with Gasteiger partial charge in [-0.3, -0.25) is 49.2 Å². The van der Waals surface area contributed by atoms with Gasteiger partial charge in [0.15, 0.2) is 11.9 Å². The van der Waals surface area contributed by atoms with Crippen molar-refractivity contribution in [3.8, 4) is 5.75 Å². The average Bonchev–Trinajstić information content (AvgIpc) is 3.31. The number of carbonyl (C=O) groups excluding carboxylic acids is 8. The number of aromatic hydroxyl groups is 1. The van der Waals surface area contributed by atoms with Crippen LogP contribution in [-0.4, -0.2) is 138 Å². The number of rotatable bonds is 33. The lowest BCUT2D eigenvalue weighted by atomic mass is 10.0. The molecule has 0 heterocycles. The van der Waals surface area contributed by atoms with E-state index in [1.165, 1.54) is 33.7 Å². The van der Waals surface area contributed by atoms with Gasteiger partial charge in [0, 0.05) is 36.6 Å². The molecule has 0 fully saturated rings. The lowest BCUT2D eigenvalue weighted by Crippen LogP contribution is -2.59. The van der Waals surface area contributed by atoms with Gasteiger partial charge < -0.3 is 75.9 Å². The molecule has 0 saturated heterocycles. The van der Waals surface area contributed by atoms with E-state index in [9.17, 15) is 43.5 Å². The Hall–Kier alpha value is -6.80. The SMILES string of the molecule is CC[C@@H](NC(=O)[C@@H](N)Cc1ccc(O)cc1)C(=O)NCC(=O)N[C@@H](Cc1ccccc1)C(=O)N[C@@H](CSSC(C)(C)CNC=O)C(=O)N[C@@H](CCCNC(=N)N)C(=O)N[C@@H](CCCNC(=N)N)C(N)=O. The number of phenols is 1. The van der Waals surface area contributed by atoms with Crippen LogP contribution in [0.25, 0.3) is 0 Å². The van der Waals surface area contributed by atoms with Gasteiger partial charge in [-0.15, -0.1) is 0 Å². The van der Waals surface area contributed by atoms with Crippen molar-refractivity contribution in [1.82, 2.24) is 47.9 Å². The summed E-state index contributed by atoms with van der Waals surface area (Å²) in [6.07, 6.45) is 1.34. The summed E-state index contributed by atoms with van der Waals surface area (Å²) in [5.41, 5.74) is 23.8. The Bertz CT molecular complexity index is 2070. The van der Waals surface area contributed by atoms with Gasteiger partial charge in [-0.2, -0.15) is 0 Å². The highest BCUT2D eigenvalue weighted by atomic mass is 33.1. The molecule has 0 aliphatic carbocycles. The van der Waals surface area contributed by atoms with Crippen molar-refractivity contribution < 1.29 is 43.5 Å².